The molecule has 0 amide bonds. The Hall–Kier alpha value is -3.06. The molecule has 7 heteroatoms. The van der Waals surface area contributed by atoms with Gasteiger partial charge in [0.2, 0.25) is 0 Å². The Kier molecular flexibility index (Phi) is 8.29. The lowest BCUT2D eigenvalue weighted by Gasteiger charge is -2.28. The molecule has 0 atom stereocenters. The fraction of sp³-hybridized carbons (Fsp3) is 0.429. The van der Waals surface area contributed by atoms with Gasteiger partial charge in [0.15, 0.2) is 11.6 Å². The van der Waals surface area contributed by atoms with Crippen LogP contribution >= 0.6 is 0 Å². The summed E-state index contributed by atoms with van der Waals surface area (Å²) in [4.78, 5) is 10.7. The standard InChI is InChI=1S/C28H32F2N2O3/c1-2-6-25-27(21-7-4-3-5-8-21)28(22-13-14-23(29)24(30)15-22)32(31-25)16-19-9-11-20(12-10-19)17-35-18-26(33)34/h3-5,7-8,13-15,19-20H,2,6,9-12,16-18H2,1H3,(H,33,34)/t19-,20-. The van der Waals surface area contributed by atoms with Gasteiger partial charge in [0.1, 0.15) is 6.61 Å². The Morgan fingerprint density at radius 3 is 2.40 bits per heavy atom. The molecule has 35 heavy (non-hydrogen) atoms. The molecular weight excluding hydrogens is 450 g/mol. The van der Waals surface area contributed by atoms with E-state index in [9.17, 15) is 13.6 Å². The number of carboxylic acids is 1. The van der Waals surface area contributed by atoms with Crippen molar-refractivity contribution in [2.24, 2.45) is 11.8 Å². The summed E-state index contributed by atoms with van der Waals surface area (Å²) in [5.74, 6) is -1.91. The van der Waals surface area contributed by atoms with E-state index in [1.807, 2.05) is 35.0 Å². The lowest BCUT2D eigenvalue weighted by Crippen LogP contribution is -2.23. The van der Waals surface area contributed by atoms with Gasteiger partial charge in [0.25, 0.3) is 0 Å². The first-order valence-electron chi connectivity index (χ1n) is 12.4. The molecule has 0 aliphatic heterocycles. The van der Waals surface area contributed by atoms with Crippen LogP contribution in [0, 0.1) is 23.5 Å². The fourth-order valence-electron chi connectivity index (χ4n) is 5.04. The molecule has 0 radical (unpaired) electrons. The molecule has 0 unspecified atom stereocenters. The number of nitrogens with zero attached hydrogens (tertiary/aromatic N) is 2. The van der Waals surface area contributed by atoms with Crippen molar-refractivity contribution in [2.75, 3.05) is 13.2 Å². The van der Waals surface area contributed by atoms with E-state index in [0.29, 0.717) is 30.6 Å². The molecule has 1 fully saturated rings. The van der Waals surface area contributed by atoms with Gasteiger partial charge in [-0.25, -0.2) is 13.6 Å². The molecule has 1 aliphatic carbocycles. The molecule has 0 saturated heterocycles. The third-order valence-electron chi connectivity index (χ3n) is 6.74. The minimum atomic E-state index is -0.945. The Labute approximate surface area is 204 Å². The number of ether oxygens (including phenoxy) is 1. The van der Waals surface area contributed by atoms with Crippen molar-refractivity contribution in [1.29, 1.82) is 0 Å². The SMILES string of the molecule is CCCc1nn(C[C@H]2CC[C@H](COCC(=O)O)CC2)c(-c2ccc(F)c(F)c2)c1-c1ccccc1. The Morgan fingerprint density at radius 2 is 1.74 bits per heavy atom. The summed E-state index contributed by atoms with van der Waals surface area (Å²) in [5.41, 5.74) is 4.41. The smallest absolute Gasteiger partial charge is 0.329 e. The lowest BCUT2D eigenvalue weighted by atomic mass is 9.82. The van der Waals surface area contributed by atoms with Crippen LogP contribution in [-0.4, -0.2) is 34.1 Å². The van der Waals surface area contributed by atoms with E-state index in [1.165, 1.54) is 12.1 Å². The molecule has 1 N–H and O–H groups in total. The number of aryl methyl sites for hydroxylation is 1. The van der Waals surface area contributed by atoms with E-state index in [1.54, 1.807) is 6.07 Å². The van der Waals surface area contributed by atoms with Gasteiger partial charge in [0, 0.05) is 17.7 Å². The molecule has 186 valence electrons. The maximum Gasteiger partial charge on any atom is 0.329 e. The molecule has 0 bridgehead atoms. The maximum atomic E-state index is 14.3. The van der Waals surface area contributed by atoms with E-state index < -0.39 is 17.6 Å². The third-order valence-corrected chi connectivity index (χ3v) is 6.74. The van der Waals surface area contributed by atoms with Crippen LogP contribution in [0.15, 0.2) is 48.5 Å². The van der Waals surface area contributed by atoms with Gasteiger partial charge in [-0.1, -0.05) is 43.7 Å². The number of aliphatic carboxylic acids is 1. The molecule has 1 heterocycles. The number of rotatable bonds is 10. The van der Waals surface area contributed by atoms with Crippen LogP contribution in [-0.2, 0) is 22.5 Å². The lowest BCUT2D eigenvalue weighted by molar-refractivity contribution is -0.142. The van der Waals surface area contributed by atoms with Crippen molar-refractivity contribution in [2.45, 2.75) is 52.0 Å². The summed E-state index contributed by atoms with van der Waals surface area (Å²) in [6, 6.07) is 14.1. The Bertz CT molecular complexity index is 1140. The van der Waals surface area contributed by atoms with Gasteiger partial charge in [-0.05, 0) is 67.7 Å². The number of hydrogen-bond acceptors (Lipinski definition) is 3. The number of halogens is 2. The summed E-state index contributed by atoms with van der Waals surface area (Å²) >= 11 is 0. The number of benzene rings is 2. The molecule has 2 aromatic carbocycles. The van der Waals surface area contributed by atoms with Gasteiger partial charge in [0.05, 0.1) is 18.0 Å². The molecule has 1 aromatic heterocycles. The summed E-state index contributed by atoms with van der Waals surface area (Å²) < 4.78 is 35.3. The predicted octanol–water partition coefficient (Wildman–Crippen LogP) is 6.36. The van der Waals surface area contributed by atoms with Crippen molar-refractivity contribution in [3.63, 3.8) is 0 Å². The van der Waals surface area contributed by atoms with Crippen LogP contribution in [0.5, 0.6) is 0 Å². The van der Waals surface area contributed by atoms with Crippen molar-refractivity contribution in [1.82, 2.24) is 9.78 Å². The minimum absolute atomic E-state index is 0.257. The van der Waals surface area contributed by atoms with Crippen LogP contribution in [0.2, 0.25) is 0 Å². The highest BCUT2D eigenvalue weighted by atomic mass is 19.2. The number of aromatic nitrogens is 2. The molecule has 1 saturated carbocycles. The second kappa shape index (κ2) is 11.6. The number of carbonyl (C=O) groups is 1. The Morgan fingerprint density at radius 1 is 1.03 bits per heavy atom. The zero-order valence-corrected chi connectivity index (χ0v) is 20.1. The van der Waals surface area contributed by atoms with E-state index >= 15 is 0 Å². The average Bonchev–Trinajstić information content (AvgIpc) is 3.20. The predicted molar refractivity (Wildman–Crippen MR) is 131 cm³/mol. The highest BCUT2D eigenvalue weighted by Gasteiger charge is 2.26. The molecule has 5 nitrogen and oxygen atoms in total. The maximum absolute atomic E-state index is 14.3. The molecular formula is C28H32F2N2O3. The van der Waals surface area contributed by atoms with Crippen LogP contribution < -0.4 is 0 Å². The molecule has 3 aromatic rings. The van der Waals surface area contributed by atoms with Gasteiger partial charge in [-0.3, -0.25) is 4.68 Å². The second-order valence-electron chi connectivity index (χ2n) is 9.39. The number of carboxylic acid groups (broad SMARTS) is 1. The van der Waals surface area contributed by atoms with Crippen LogP contribution in [0.25, 0.3) is 22.4 Å². The Balaban J connectivity index is 1.63. The quantitative estimate of drug-likeness (QED) is 0.365. The fourth-order valence-corrected chi connectivity index (χ4v) is 5.04. The van der Waals surface area contributed by atoms with Crippen molar-refractivity contribution < 1.29 is 23.4 Å². The first-order chi connectivity index (χ1) is 17.0. The highest BCUT2D eigenvalue weighted by molar-refractivity contribution is 5.83. The largest absolute Gasteiger partial charge is 0.480 e. The van der Waals surface area contributed by atoms with E-state index in [2.05, 4.69) is 6.92 Å². The molecule has 4 rings (SSSR count). The summed E-state index contributed by atoms with van der Waals surface area (Å²) in [5, 5.41) is 13.8. The average molecular weight is 483 g/mol. The summed E-state index contributed by atoms with van der Waals surface area (Å²) in [6.45, 7) is 3.02. The second-order valence-corrected chi connectivity index (χ2v) is 9.39. The van der Waals surface area contributed by atoms with Gasteiger partial charge >= 0.3 is 5.97 Å². The normalized spacial score (nSPS) is 18.0. The first kappa shape index (κ1) is 25.0. The van der Waals surface area contributed by atoms with E-state index in [-0.39, 0.29) is 6.61 Å². The zero-order chi connectivity index (χ0) is 24.8. The van der Waals surface area contributed by atoms with Crippen molar-refractivity contribution in [3.05, 3.63) is 65.9 Å². The van der Waals surface area contributed by atoms with Crippen molar-refractivity contribution in [3.8, 4) is 22.4 Å². The third kappa shape index (κ3) is 6.14. The van der Waals surface area contributed by atoms with E-state index in [4.69, 9.17) is 14.9 Å². The summed E-state index contributed by atoms with van der Waals surface area (Å²) in [7, 11) is 0. The molecule has 0 spiro atoms. The zero-order valence-electron chi connectivity index (χ0n) is 20.1. The molecule has 1 aliphatic rings. The van der Waals surface area contributed by atoms with Crippen LogP contribution in [0.4, 0.5) is 8.78 Å². The first-order valence-corrected chi connectivity index (χ1v) is 12.4. The monoisotopic (exact) mass is 482 g/mol. The number of hydrogen-bond donors (Lipinski definition) is 1. The van der Waals surface area contributed by atoms with Crippen LogP contribution in [0.1, 0.15) is 44.7 Å². The van der Waals surface area contributed by atoms with Gasteiger partial charge < -0.3 is 9.84 Å². The minimum Gasteiger partial charge on any atom is -0.480 e. The topological polar surface area (TPSA) is 64.4 Å². The van der Waals surface area contributed by atoms with Gasteiger partial charge in [-0.2, -0.15) is 5.10 Å². The highest BCUT2D eigenvalue weighted by Crippen LogP contribution is 2.38. The summed E-state index contributed by atoms with van der Waals surface area (Å²) in [6.07, 6.45) is 5.64. The van der Waals surface area contributed by atoms with E-state index in [0.717, 1.165) is 61.0 Å². The van der Waals surface area contributed by atoms with Gasteiger partial charge in [-0.15, -0.1) is 0 Å². The van der Waals surface area contributed by atoms with Crippen LogP contribution in [0.3, 0.4) is 0 Å². The van der Waals surface area contributed by atoms with Crippen molar-refractivity contribution >= 4 is 5.97 Å².